The van der Waals surface area contributed by atoms with Crippen LogP contribution in [0.15, 0.2) is 42.5 Å². The molecule has 122 valence electrons. The molecule has 2 aromatic carbocycles. The van der Waals surface area contributed by atoms with Crippen LogP contribution in [0.4, 0.5) is 14.5 Å². The number of imide groups is 1. The van der Waals surface area contributed by atoms with Crippen molar-refractivity contribution >= 4 is 23.4 Å². The number of hydrogen-bond donors (Lipinski definition) is 1. The summed E-state index contributed by atoms with van der Waals surface area (Å²) in [7, 11) is 0. The number of hydrogen-bond acceptors (Lipinski definition) is 3. The molecule has 0 radical (unpaired) electrons. The van der Waals surface area contributed by atoms with E-state index in [9.17, 15) is 23.2 Å². The standard InChI is InChI=1S/C17H12F2N2O3/c1-9(15(22)20-14-7-6-10(18)8-13(14)19)21-16(23)11-4-2-3-5-12(11)17(21)24/h2-9H,1H3,(H,20,22). The molecule has 0 saturated carbocycles. The Bertz CT molecular complexity index is 832. The number of nitrogens with one attached hydrogen (secondary N) is 1. The molecule has 3 amide bonds. The summed E-state index contributed by atoms with van der Waals surface area (Å²) in [4.78, 5) is 37.7. The number of carbonyl (C=O) groups excluding carboxylic acids is 3. The molecular formula is C17H12F2N2O3. The molecule has 7 heteroatoms. The summed E-state index contributed by atoms with van der Waals surface area (Å²) in [5.74, 6) is -3.65. The molecule has 2 aromatic rings. The topological polar surface area (TPSA) is 66.5 Å². The summed E-state index contributed by atoms with van der Waals surface area (Å²) in [6, 6.07) is 7.77. The normalized spacial score (nSPS) is 14.5. The van der Waals surface area contributed by atoms with Gasteiger partial charge >= 0.3 is 0 Å². The minimum Gasteiger partial charge on any atom is -0.322 e. The predicted octanol–water partition coefficient (Wildman–Crippen LogP) is 2.59. The number of fused-ring (bicyclic) bond motifs is 1. The summed E-state index contributed by atoms with van der Waals surface area (Å²) in [5, 5.41) is 2.26. The van der Waals surface area contributed by atoms with Gasteiger partial charge in [0.1, 0.15) is 17.7 Å². The first kappa shape index (κ1) is 15.8. The van der Waals surface area contributed by atoms with Gasteiger partial charge in [-0.2, -0.15) is 0 Å². The van der Waals surface area contributed by atoms with Crippen LogP contribution in [-0.2, 0) is 4.79 Å². The zero-order chi connectivity index (χ0) is 17.4. The Labute approximate surface area is 135 Å². The van der Waals surface area contributed by atoms with Gasteiger partial charge in [-0.05, 0) is 31.2 Å². The number of rotatable bonds is 3. The number of carbonyl (C=O) groups is 3. The zero-order valence-electron chi connectivity index (χ0n) is 12.5. The maximum absolute atomic E-state index is 13.6. The fraction of sp³-hybridized carbons (Fsp3) is 0.118. The van der Waals surface area contributed by atoms with Crippen molar-refractivity contribution in [2.45, 2.75) is 13.0 Å². The first-order valence-electron chi connectivity index (χ1n) is 7.13. The molecule has 1 heterocycles. The molecule has 0 aliphatic carbocycles. The van der Waals surface area contributed by atoms with E-state index in [0.29, 0.717) is 6.07 Å². The third kappa shape index (κ3) is 2.54. The molecule has 0 saturated heterocycles. The van der Waals surface area contributed by atoms with Gasteiger partial charge in [0.05, 0.1) is 16.8 Å². The molecule has 5 nitrogen and oxygen atoms in total. The van der Waals surface area contributed by atoms with E-state index >= 15 is 0 Å². The number of halogens is 2. The lowest BCUT2D eigenvalue weighted by Crippen LogP contribution is -2.45. The third-order valence-electron chi connectivity index (χ3n) is 3.78. The molecule has 1 atom stereocenters. The highest BCUT2D eigenvalue weighted by atomic mass is 19.1. The maximum atomic E-state index is 13.6. The zero-order valence-corrected chi connectivity index (χ0v) is 12.5. The van der Waals surface area contributed by atoms with Crippen LogP contribution in [0.25, 0.3) is 0 Å². The second kappa shape index (κ2) is 5.84. The molecule has 1 aliphatic rings. The van der Waals surface area contributed by atoms with Crippen LogP contribution < -0.4 is 5.32 Å². The number of nitrogens with zero attached hydrogens (tertiary/aromatic N) is 1. The first-order chi connectivity index (χ1) is 11.4. The summed E-state index contributed by atoms with van der Waals surface area (Å²) < 4.78 is 26.5. The highest BCUT2D eigenvalue weighted by Crippen LogP contribution is 2.25. The van der Waals surface area contributed by atoms with Gasteiger partial charge in [-0.15, -0.1) is 0 Å². The average Bonchev–Trinajstić information content (AvgIpc) is 2.81. The second-order valence-corrected chi connectivity index (χ2v) is 5.32. The van der Waals surface area contributed by atoms with E-state index in [1.165, 1.54) is 19.1 Å². The van der Waals surface area contributed by atoms with Crippen LogP contribution in [0, 0.1) is 11.6 Å². The quantitative estimate of drug-likeness (QED) is 0.880. The molecule has 0 fully saturated rings. The van der Waals surface area contributed by atoms with Crippen molar-refractivity contribution in [2.24, 2.45) is 0 Å². The Balaban J connectivity index is 1.82. The van der Waals surface area contributed by atoms with Gasteiger partial charge in [0.2, 0.25) is 5.91 Å². The van der Waals surface area contributed by atoms with Crippen molar-refractivity contribution in [2.75, 3.05) is 5.32 Å². The molecule has 24 heavy (non-hydrogen) atoms. The average molecular weight is 330 g/mol. The van der Waals surface area contributed by atoms with Crippen LogP contribution in [0.3, 0.4) is 0 Å². The van der Waals surface area contributed by atoms with Gasteiger partial charge in [-0.1, -0.05) is 12.1 Å². The van der Waals surface area contributed by atoms with Gasteiger partial charge in [-0.3, -0.25) is 19.3 Å². The van der Waals surface area contributed by atoms with Crippen molar-refractivity contribution in [1.82, 2.24) is 4.90 Å². The van der Waals surface area contributed by atoms with Gasteiger partial charge in [0, 0.05) is 6.07 Å². The largest absolute Gasteiger partial charge is 0.322 e. The van der Waals surface area contributed by atoms with Crippen LogP contribution in [0.1, 0.15) is 27.6 Å². The molecule has 1 N–H and O–H groups in total. The fourth-order valence-corrected chi connectivity index (χ4v) is 2.50. The Hall–Kier alpha value is -3.09. The minimum absolute atomic E-state index is 0.218. The van der Waals surface area contributed by atoms with Crippen molar-refractivity contribution in [3.8, 4) is 0 Å². The van der Waals surface area contributed by atoms with E-state index in [2.05, 4.69) is 5.32 Å². The van der Waals surface area contributed by atoms with Crippen molar-refractivity contribution in [1.29, 1.82) is 0 Å². The smallest absolute Gasteiger partial charge is 0.262 e. The molecule has 1 unspecified atom stereocenters. The Morgan fingerprint density at radius 3 is 2.17 bits per heavy atom. The molecule has 3 rings (SSSR count). The lowest BCUT2D eigenvalue weighted by molar-refractivity contribution is -0.119. The summed E-state index contributed by atoms with van der Waals surface area (Å²) in [6.07, 6.45) is 0. The van der Waals surface area contributed by atoms with Crippen molar-refractivity contribution < 1.29 is 23.2 Å². The Morgan fingerprint density at radius 2 is 1.62 bits per heavy atom. The van der Waals surface area contributed by atoms with Crippen LogP contribution in [-0.4, -0.2) is 28.7 Å². The second-order valence-electron chi connectivity index (χ2n) is 5.32. The Kier molecular flexibility index (Phi) is 3.84. The van der Waals surface area contributed by atoms with Gasteiger partial charge in [-0.25, -0.2) is 8.78 Å². The van der Waals surface area contributed by atoms with E-state index in [1.807, 2.05) is 0 Å². The SMILES string of the molecule is CC(C(=O)Nc1ccc(F)cc1F)N1C(=O)c2ccccc2C1=O. The predicted molar refractivity (Wildman–Crippen MR) is 81.4 cm³/mol. The molecule has 0 bridgehead atoms. The van der Waals surface area contributed by atoms with Gasteiger partial charge in [0.25, 0.3) is 11.8 Å². The van der Waals surface area contributed by atoms with Gasteiger partial charge in [0.15, 0.2) is 0 Å². The third-order valence-corrected chi connectivity index (χ3v) is 3.78. The lowest BCUT2D eigenvalue weighted by atomic mass is 10.1. The summed E-state index contributed by atoms with van der Waals surface area (Å²) in [6.45, 7) is 1.36. The van der Waals surface area contributed by atoms with Crippen LogP contribution in [0.2, 0.25) is 0 Å². The van der Waals surface area contributed by atoms with Crippen LogP contribution >= 0.6 is 0 Å². The van der Waals surface area contributed by atoms with E-state index < -0.39 is 35.4 Å². The number of benzene rings is 2. The first-order valence-corrected chi connectivity index (χ1v) is 7.13. The van der Waals surface area contributed by atoms with E-state index in [4.69, 9.17) is 0 Å². The van der Waals surface area contributed by atoms with E-state index in [1.54, 1.807) is 12.1 Å². The minimum atomic E-state index is -1.15. The number of amides is 3. The monoisotopic (exact) mass is 330 g/mol. The highest BCUT2D eigenvalue weighted by Gasteiger charge is 2.40. The van der Waals surface area contributed by atoms with Crippen LogP contribution in [0.5, 0.6) is 0 Å². The van der Waals surface area contributed by atoms with E-state index in [-0.39, 0.29) is 16.8 Å². The summed E-state index contributed by atoms with van der Waals surface area (Å²) >= 11 is 0. The summed E-state index contributed by atoms with van der Waals surface area (Å²) in [5.41, 5.74) is 0.204. The maximum Gasteiger partial charge on any atom is 0.262 e. The van der Waals surface area contributed by atoms with Crippen molar-refractivity contribution in [3.63, 3.8) is 0 Å². The van der Waals surface area contributed by atoms with Gasteiger partial charge < -0.3 is 5.32 Å². The Morgan fingerprint density at radius 1 is 1.04 bits per heavy atom. The number of anilines is 1. The molecule has 0 aromatic heterocycles. The lowest BCUT2D eigenvalue weighted by Gasteiger charge is -2.21. The fourth-order valence-electron chi connectivity index (χ4n) is 2.50. The highest BCUT2D eigenvalue weighted by molar-refractivity contribution is 6.23. The molecule has 1 aliphatic heterocycles. The van der Waals surface area contributed by atoms with Crippen molar-refractivity contribution in [3.05, 3.63) is 65.2 Å². The molecule has 0 spiro atoms. The van der Waals surface area contributed by atoms with E-state index in [0.717, 1.165) is 17.0 Å². The molecular weight excluding hydrogens is 318 g/mol.